The van der Waals surface area contributed by atoms with E-state index >= 15 is 0 Å². The average molecular weight is 276 g/mol. The van der Waals surface area contributed by atoms with Crippen LogP contribution in [0.1, 0.15) is 49.5 Å². The van der Waals surface area contributed by atoms with Crippen LogP contribution < -0.4 is 4.90 Å². The second-order valence-electron chi connectivity index (χ2n) is 6.91. The first-order valence-corrected chi connectivity index (χ1v) is 7.49. The van der Waals surface area contributed by atoms with E-state index in [-0.39, 0.29) is 17.5 Å². The molecule has 2 rings (SSSR count). The Balaban J connectivity index is 1.99. The second kappa shape index (κ2) is 5.96. The monoisotopic (exact) mass is 276 g/mol. The quantitative estimate of drug-likeness (QED) is 0.835. The molecule has 1 N–H and O–H groups in total. The van der Waals surface area contributed by atoms with Crippen molar-refractivity contribution in [3.8, 4) is 0 Å². The standard InChI is InChI=1S/C17H25NO2/c1-17(2,3)14-9-7-13(8-10-14)16(19)20-15-6-5-11-18(4)12-15/h7-10,15H,5-6,11-12H2,1-4H3/p+1. The average Bonchev–Trinajstić information content (AvgIpc) is 2.38. The number of carbonyl (C=O) groups excluding carboxylic acids is 1. The Morgan fingerprint density at radius 3 is 2.45 bits per heavy atom. The van der Waals surface area contributed by atoms with Crippen LogP contribution in [0.15, 0.2) is 24.3 Å². The lowest BCUT2D eigenvalue weighted by Gasteiger charge is -2.26. The maximum atomic E-state index is 12.1. The molecule has 0 spiro atoms. The molecule has 0 bridgehead atoms. The van der Waals surface area contributed by atoms with Crippen molar-refractivity contribution in [2.45, 2.75) is 45.1 Å². The van der Waals surface area contributed by atoms with Crippen LogP contribution in [0.2, 0.25) is 0 Å². The first-order chi connectivity index (χ1) is 9.36. The molecule has 20 heavy (non-hydrogen) atoms. The van der Waals surface area contributed by atoms with Crippen LogP contribution in [0.5, 0.6) is 0 Å². The second-order valence-corrected chi connectivity index (χ2v) is 6.91. The largest absolute Gasteiger partial charge is 0.453 e. The van der Waals surface area contributed by atoms with E-state index in [9.17, 15) is 4.79 Å². The maximum absolute atomic E-state index is 12.1. The zero-order valence-corrected chi connectivity index (χ0v) is 13.0. The molecule has 0 radical (unpaired) electrons. The zero-order valence-electron chi connectivity index (χ0n) is 13.0. The summed E-state index contributed by atoms with van der Waals surface area (Å²) in [5.74, 6) is -0.190. The van der Waals surface area contributed by atoms with E-state index in [1.165, 1.54) is 17.0 Å². The normalized spacial score (nSPS) is 23.4. The van der Waals surface area contributed by atoms with Crippen molar-refractivity contribution in [3.05, 3.63) is 35.4 Å². The highest BCUT2D eigenvalue weighted by molar-refractivity contribution is 5.89. The van der Waals surface area contributed by atoms with Gasteiger partial charge in [0.05, 0.1) is 19.2 Å². The molecular formula is C17H26NO2+. The lowest BCUT2D eigenvalue weighted by atomic mass is 9.87. The van der Waals surface area contributed by atoms with E-state index < -0.39 is 0 Å². The molecule has 0 aromatic heterocycles. The van der Waals surface area contributed by atoms with Crippen LogP contribution in [0, 0.1) is 0 Å². The van der Waals surface area contributed by atoms with Crippen molar-refractivity contribution >= 4 is 5.97 Å². The van der Waals surface area contributed by atoms with E-state index in [0.29, 0.717) is 5.56 Å². The van der Waals surface area contributed by atoms with Gasteiger partial charge in [-0.1, -0.05) is 32.9 Å². The number of likely N-dealkylation sites (tertiary alicyclic amines) is 1. The minimum absolute atomic E-state index is 0.0681. The van der Waals surface area contributed by atoms with Gasteiger partial charge in [-0.3, -0.25) is 0 Å². The van der Waals surface area contributed by atoms with Crippen molar-refractivity contribution in [1.82, 2.24) is 0 Å². The first kappa shape index (κ1) is 15.0. The summed E-state index contributed by atoms with van der Waals surface area (Å²) in [5.41, 5.74) is 2.00. The summed E-state index contributed by atoms with van der Waals surface area (Å²) in [7, 11) is 2.15. The molecule has 1 fully saturated rings. The number of benzene rings is 1. The number of rotatable bonds is 2. The third-order valence-electron chi connectivity index (χ3n) is 3.97. The predicted molar refractivity (Wildman–Crippen MR) is 80.2 cm³/mol. The molecule has 1 heterocycles. The van der Waals surface area contributed by atoms with Gasteiger partial charge in [0, 0.05) is 6.42 Å². The zero-order chi connectivity index (χ0) is 14.8. The van der Waals surface area contributed by atoms with Gasteiger partial charge in [-0.15, -0.1) is 0 Å². The summed E-state index contributed by atoms with van der Waals surface area (Å²) in [4.78, 5) is 13.6. The number of nitrogens with one attached hydrogen (secondary N) is 1. The van der Waals surface area contributed by atoms with E-state index in [4.69, 9.17) is 4.74 Å². The molecule has 2 atom stereocenters. The molecule has 2 unspecified atom stereocenters. The summed E-state index contributed by atoms with van der Waals surface area (Å²) >= 11 is 0. The van der Waals surface area contributed by atoms with Crippen LogP contribution in [0.3, 0.4) is 0 Å². The molecule has 3 nitrogen and oxygen atoms in total. The molecule has 1 aromatic carbocycles. The number of likely N-dealkylation sites (N-methyl/N-ethyl adjacent to an activating group) is 1. The number of esters is 1. The minimum Gasteiger partial charge on any atom is -0.453 e. The highest BCUT2D eigenvalue weighted by Gasteiger charge is 2.24. The smallest absolute Gasteiger partial charge is 0.338 e. The number of hydrogen-bond donors (Lipinski definition) is 1. The van der Waals surface area contributed by atoms with Crippen LogP contribution in [-0.4, -0.2) is 32.2 Å². The molecule has 1 aliphatic heterocycles. The first-order valence-electron chi connectivity index (χ1n) is 7.49. The van der Waals surface area contributed by atoms with Gasteiger partial charge >= 0.3 is 5.97 Å². The fraction of sp³-hybridized carbons (Fsp3) is 0.588. The highest BCUT2D eigenvalue weighted by atomic mass is 16.5. The van der Waals surface area contributed by atoms with Crippen molar-refractivity contribution in [2.24, 2.45) is 0 Å². The lowest BCUT2D eigenvalue weighted by Crippen LogP contribution is -3.11. The van der Waals surface area contributed by atoms with Gasteiger partial charge in [-0.25, -0.2) is 4.79 Å². The van der Waals surface area contributed by atoms with Crippen LogP contribution >= 0.6 is 0 Å². The molecule has 0 amide bonds. The number of hydrogen-bond acceptors (Lipinski definition) is 2. The van der Waals surface area contributed by atoms with Crippen molar-refractivity contribution in [3.63, 3.8) is 0 Å². The van der Waals surface area contributed by atoms with Gasteiger partial charge in [-0.2, -0.15) is 0 Å². The Bertz CT molecular complexity index is 459. The van der Waals surface area contributed by atoms with Crippen molar-refractivity contribution in [2.75, 3.05) is 20.1 Å². The Kier molecular flexibility index (Phi) is 4.48. The van der Waals surface area contributed by atoms with Crippen molar-refractivity contribution < 1.29 is 14.4 Å². The van der Waals surface area contributed by atoms with Crippen molar-refractivity contribution in [1.29, 1.82) is 0 Å². The Morgan fingerprint density at radius 2 is 1.90 bits per heavy atom. The van der Waals surface area contributed by atoms with Crippen LogP contribution in [0.4, 0.5) is 0 Å². The highest BCUT2D eigenvalue weighted by Crippen LogP contribution is 2.22. The molecular weight excluding hydrogens is 250 g/mol. The molecule has 1 aliphatic rings. The molecule has 3 heteroatoms. The van der Waals surface area contributed by atoms with Crippen LogP contribution in [-0.2, 0) is 10.2 Å². The topological polar surface area (TPSA) is 30.7 Å². The lowest BCUT2D eigenvalue weighted by molar-refractivity contribution is -0.888. The predicted octanol–water partition coefficient (Wildman–Crippen LogP) is 1.82. The number of quaternary nitrogens is 1. The fourth-order valence-electron chi connectivity index (χ4n) is 2.65. The third kappa shape index (κ3) is 3.83. The summed E-state index contributed by atoms with van der Waals surface area (Å²) in [6.45, 7) is 8.60. The summed E-state index contributed by atoms with van der Waals surface area (Å²) < 4.78 is 5.61. The Morgan fingerprint density at radius 1 is 1.25 bits per heavy atom. The molecule has 0 saturated carbocycles. The number of carbonyl (C=O) groups is 1. The van der Waals surface area contributed by atoms with Gasteiger partial charge in [0.1, 0.15) is 6.54 Å². The fourth-order valence-corrected chi connectivity index (χ4v) is 2.65. The van der Waals surface area contributed by atoms with Gasteiger partial charge in [0.25, 0.3) is 0 Å². The molecule has 1 aromatic rings. The van der Waals surface area contributed by atoms with Gasteiger partial charge in [0.2, 0.25) is 0 Å². The van der Waals surface area contributed by atoms with E-state index in [1.54, 1.807) is 0 Å². The number of ether oxygens (including phenoxy) is 1. The summed E-state index contributed by atoms with van der Waals surface area (Å²) in [6, 6.07) is 7.80. The van der Waals surface area contributed by atoms with Crippen LogP contribution in [0.25, 0.3) is 0 Å². The maximum Gasteiger partial charge on any atom is 0.338 e. The summed E-state index contributed by atoms with van der Waals surface area (Å²) in [5, 5.41) is 0. The summed E-state index contributed by atoms with van der Waals surface area (Å²) in [6.07, 6.45) is 2.19. The van der Waals surface area contributed by atoms with E-state index in [0.717, 1.165) is 19.4 Å². The van der Waals surface area contributed by atoms with Gasteiger partial charge in [-0.05, 0) is 29.5 Å². The molecule has 110 valence electrons. The Labute approximate surface area is 121 Å². The van der Waals surface area contributed by atoms with Gasteiger partial charge in [0.15, 0.2) is 6.10 Å². The third-order valence-corrected chi connectivity index (χ3v) is 3.97. The number of piperidine rings is 1. The minimum atomic E-state index is -0.190. The molecule has 1 saturated heterocycles. The van der Waals surface area contributed by atoms with E-state index in [1.807, 2.05) is 24.3 Å². The molecule has 0 aliphatic carbocycles. The van der Waals surface area contributed by atoms with Gasteiger partial charge < -0.3 is 9.64 Å². The Hall–Kier alpha value is -1.35. The SMILES string of the molecule is C[NH+]1CCCC(OC(=O)c2ccc(C(C)(C)C)cc2)C1. The van der Waals surface area contributed by atoms with E-state index in [2.05, 4.69) is 27.8 Å².